The number of carbonyl (C=O) groups excluding carboxylic acids is 1. The van der Waals surface area contributed by atoms with Gasteiger partial charge in [0, 0.05) is 6.54 Å². The maximum absolute atomic E-state index is 12.0. The molecule has 17 heavy (non-hydrogen) atoms. The van der Waals surface area contributed by atoms with E-state index >= 15 is 0 Å². The van der Waals surface area contributed by atoms with E-state index in [1.807, 2.05) is 6.92 Å². The normalized spacial score (nSPS) is 10.6. The minimum Gasteiger partial charge on any atom is -0.397 e. The summed E-state index contributed by atoms with van der Waals surface area (Å²) in [5.41, 5.74) is 5.95. The molecule has 0 aliphatic carbocycles. The van der Waals surface area contributed by atoms with Crippen molar-refractivity contribution in [2.24, 2.45) is 0 Å². The Balaban J connectivity index is 2.64. The van der Waals surface area contributed by atoms with Crippen LogP contribution in [0.25, 0.3) is 0 Å². The van der Waals surface area contributed by atoms with E-state index in [0.717, 1.165) is 17.8 Å². The zero-order valence-electron chi connectivity index (χ0n) is 9.43. The summed E-state index contributed by atoms with van der Waals surface area (Å²) in [6.07, 6.45) is -1.61. The molecular formula is C10H15F2N3OS. The number of nitrogens with two attached hydrogens (primary N) is 1. The molecule has 0 atom stereocenters. The largest absolute Gasteiger partial charge is 0.397 e. The van der Waals surface area contributed by atoms with Gasteiger partial charge in [-0.1, -0.05) is 6.92 Å². The van der Waals surface area contributed by atoms with Gasteiger partial charge >= 0.3 is 0 Å². The second kappa shape index (κ2) is 6.39. The van der Waals surface area contributed by atoms with Crippen LogP contribution in [0.3, 0.4) is 0 Å². The molecule has 4 N–H and O–H groups in total. The molecular weight excluding hydrogens is 248 g/mol. The molecule has 1 aromatic rings. The highest BCUT2D eigenvalue weighted by atomic mass is 32.1. The van der Waals surface area contributed by atoms with Crippen molar-refractivity contribution in [3.05, 3.63) is 10.9 Å². The van der Waals surface area contributed by atoms with E-state index in [0.29, 0.717) is 22.1 Å². The third-order valence-corrected chi connectivity index (χ3v) is 3.04. The quantitative estimate of drug-likeness (QED) is 0.736. The number of thiophene rings is 1. The molecule has 7 heteroatoms. The van der Waals surface area contributed by atoms with Crippen LogP contribution in [0.2, 0.25) is 0 Å². The molecule has 0 unspecified atom stereocenters. The molecule has 0 fully saturated rings. The number of amides is 1. The van der Waals surface area contributed by atoms with Gasteiger partial charge in [0.05, 0.1) is 17.2 Å². The molecule has 0 aromatic carbocycles. The molecule has 0 aliphatic heterocycles. The lowest BCUT2D eigenvalue weighted by Gasteiger charge is -2.01. The van der Waals surface area contributed by atoms with E-state index in [2.05, 4.69) is 10.6 Å². The van der Waals surface area contributed by atoms with Crippen molar-refractivity contribution in [2.75, 3.05) is 24.1 Å². The summed E-state index contributed by atoms with van der Waals surface area (Å²) in [6, 6.07) is 1.49. The smallest absolute Gasteiger partial charge is 0.263 e. The van der Waals surface area contributed by atoms with Crippen LogP contribution in [0.15, 0.2) is 6.07 Å². The molecule has 0 radical (unpaired) electrons. The van der Waals surface area contributed by atoms with Crippen LogP contribution in [-0.2, 0) is 0 Å². The van der Waals surface area contributed by atoms with Crippen molar-refractivity contribution >= 4 is 27.9 Å². The predicted octanol–water partition coefficient (Wildman–Crippen LogP) is 2.15. The van der Waals surface area contributed by atoms with Crippen LogP contribution in [0, 0.1) is 0 Å². The SMILES string of the molecule is CCCNC(=O)c1sc(NCC(F)F)cc1N. The third-order valence-electron chi connectivity index (χ3n) is 1.93. The molecule has 1 rings (SSSR count). The molecule has 0 saturated carbocycles. The van der Waals surface area contributed by atoms with E-state index in [9.17, 15) is 13.6 Å². The summed E-state index contributed by atoms with van der Waals surface area (Å²) in [7, 11) is 0. The van der Waals surface area contributed by atoms with Crippen molar-refractivity contribution in [3.8, 4) is 0 Å². The summed E-state index contributed by atoms with van der Waals surface area (Å²) >= 11 is 1.08. The first kappa shape index (κ1) is 13.7. The summed E-state index contributed by atoms with van der Waals surface area (Å²) in [6.45, 7) is 2.06. The van der Waals surface area contributed by atoms with Crippen LogP contribution in [0.5, 0.6) is 0 Å². The molecule has 0 bridgehead atoms. The fraction of sp³-hybridized carbons (Fsp3) is 0.500. The monoisotopic (exact) mass is 263 g/mol. The zero-order valence-corrected chi connectivity index (χ0v) is 10.2. The minimum absolute atomic E-state index is 0.264. The van der Waals surface area contributed by atoms with Crippen LogP contribution in [0.1, 0.15) is 23.0 Å². The second-order valence-electron chi connectivity index (χ2n) is 3.42. The van der Waals surface area contributed by atoms with E-state index < -0.39 is 13.0 Å². The van der Waals surface area contributed by atoms with Crippen LogP contribution < -0.4 is 16.4 Å². The summed E-state index contributed by atoms with van der Waals surface area (Å²) < 4.78 is 24.0. The summed E-state index contributed by atoms with van der Waals surface area (Å²) in [4.78, 5) is 12.0. The third kappa shape index (κ3) is 4.18. The fourth-order valence-corrected chi connectivity index (χ4v) is 2.07. The van der Waals surface area contributed by atoms with Crippen molar-refractivity contribution in [1.82, 2.24) is 5.32 Å². The lowest BCUT2D eigenvalue weighted by molar-refractivity contribution is 0.0958. The highest BCUT2D eigenvalue weighted by Gasteiger charge is 2.14. The molecule has 1 aromatic heterocycles. The van der Waals surface area contributed by atoms with Gasteiger partial charge in [-0.3, -0.25) is 4.79 Å². The molecule has 1 amide bonds. The Kier molecular flexibility index (Phi) is 5.14. The van der Waals surface area contributed by atoms with Gasteiger partial charge in [0.15, 0.2) is 0 Å². The first-order valence-electron chi connectivity index (χ1n) is 5.24. The Morgan fingerprint density at radius 3 is 2.88 bits per heavy atom. The highest BCUT2D eigenvalue weighted by Crippen LogP contribution is 2.29. The number of alkyl halides is 2. The van der Waals surface area contributed by atoms with Crippen molar-refractivity contribution < 1.29 is 13.6 Å². The Labute approximate surface area is 102 Å². The van der Waals surface area contributed by atoms with Crippen molar-refractivity contribution in [2.45, 2.75) is 19.8 Å². The Bertz CT molecular complexity index is 382. The number of hydrogen-bond acceptors (Lipinski definition) is 4. The van der Waals surface area contributed by atoms with Crippen LogP contribution in [0.4, 0.5) is 19.5 Å². The average molecular weight is 263 g/mol. The number of halogens is 2. The number of nitrogen functional groups attached to an aromatic ring is 1. The van der Waals surface area contributed by atoms with Crippen molar-refractivity contribution in [3.63, 3.8) is 0 Å². The Morgan fingerprint density at radius 1 is 1.59 bits per heavy atom. The van der Waals surface area contributed by atoms with Gasteiger partial charge in [0.2, 0.25) is 0 Å². The maximum Gasteiger partial charge on any atom is 0.263 e. The van der Waals surface area contributed by atoms with Crippen LogP contribution >= 0.6 is 11.3 Å². The molecule has 4 nitrogen and oxygen atoms in total. The van der Waals surface area contributed by atoms with Gasteiger partial charge in [0.1, 0.15) is 4.88 Å². The van der Waals surface area contributed by atoms with Gasteiger partial charge in [-0.15, -0.1) is 11.3 Å². The fourth-order valence-electron chi connectivity index (χ4n) is 1.17. The molecule has 0 saturated heterocycles. The Hall–Kier alpha value is -1.37. The molecule has 0 aliphatic rings. The first-order valence-corrected chi connectivity index (χ1v) is 6.05. The predicted molar refractivity (Wildman–Crippen MR) is 65.8 cm³/mol. The second-order valence-corrected chi connectivity index (χ2v) is 4.48. The van der Waals surface area contributed by atoms with E-state index in [4.69, 9.17) is 5.73 Å². The number of anilines is 2. The number of carbonyl (C=O) groups is 1. The lowest BCUT2D eigenvalue weighted by Crippen LogP contribution is -2.23. The standard InChI is InChI=1S/C10H15F2N3OS/c1-2-3-14-10(16)9-6(13)4-8(17-9)15-5-7(11)12/h4,7,15H,2-3,5,13H2,1H3,(H,14,16). The first-order chi connectivity index (χ1) is 8.04. The highest BCUT2D eigenvalue weighted by molar-refractivity contribution is 7.18. The maximum atomic E-state index is 12.0. The molecule has 0 spiro atoms. The number of hydrogen-bond donors (Lipinski definition) is 3. The van der Waals surface area contributed by atoms with Gasteiger partial charge in [-0.2, -0.15) is 0 Å². The van der Waals surface area contributed by atoms with Gasteiger partial charge in [-0.05, 0) is 12.5 Å². The average Bonchev–Trinajstić information content (AvgIpc) is 2.65. The van der Waals surface area contributed by atoms with Gasteiger partial charge in [0.25, 0.3) is 12.3 Å². The van der Waals surface area contributed by atoms with E-state index in [-0.39, 0.29) is 5.91 Å². The van der Waals surface area contributed by atoms with Gasteiger partial charge < -0.3 is 16.4 Å². The van der Waals surface area contributed by atoms with Gasteiger partial charge in [-0.25, -0.2) is 8.78 Å². The summed E-state index contributed by atoms with van der Waals surface area (Å²) in [5.74, 6) is -0.264. The minimum atomic E-state index is -2.43. The zero-order chi connectivity index (χ0) is 12.8. The van der Waals surface area contributed by atoms with Crippen molar-refractivity contribution in [1.29, 1.82) is 0 Å². The lowest BCUT2D eigenvalue weighted by atomic mass is 10.3. The van der Waals surface area contributed by atoms with Crippen LogP contribution in [-0.4, -0.2) is 25.4 Å². The van der Waals surface area contributed by atoms with E-state index in [1.54, 1.807) is 0 Å². The number of nitrogens with one attached hydrogen (secondary N) is 2. The Morgan fingerprint density at radius 2 is 2.29 bits per heavy atom. The summed E-state index contributed by atoms with van der Waals surface area (Å²) in [5, 5.41) is 5.68. The van der Waals surface area contributed by atoms with E-state index in [1.165, 1.54) is 6.07 Å². The topological polar surface area (TPSA) is 67.2 Å². The molecule has 1 heterocycles. The number of rotatable bonds is 6. The molecule has 96 valence electrons.